The molecule has 0 aliphatic heterocycles. The molecule has 0 atom stereocenters. The lowest BCUT2D eigenvalue weighted by molar-refractivity contribution is 0.125. The van der Waals surface area contributed by atoms with Gasteiger partial charge in [-0.15, -0.1) is 0 Å². The minimum atomic E-state index is -0.0648. The standard InChI is InChI=1S/C9H21BO2/c1-7(2)10(11-8(3)4)12-9(5)6/h7-9H,1-6H3. The summed E-state index contributed by atoms with van der Waals surface area (Å²) >= 11 is 0. The van der Waals surface area contributed by atoms with Crippen molar-refractivity contribution in [1.82, 2.24) is 0 Å². The second-order valence-electron chi connectivity index (χ2n) is 3.98. The highest BCUT2D eigenvalue weighted by molar-refractivity contribution is 6.46. The summed E-state index contributed by atoms with van der Waals surface area (Å²) in [7, 11) is -0.0648. The molecule has 0 amide bonds. The molecular weight excluding hydrogens is 151 g/mol. The Balaban J connectivity index is 3.87. The van der Waals surface area contributed by atoms with E-state index in [1.165, 1.54) is 0 Å². The van der Waals surface area contributed by atoms with Crippen LogP contribution in [0.1, 0.15) is 41.5 Å². The van der Waals surface area contributed by atoms with Crippen molar-refractivity contribution in [2.24, 2.45) is 0 Å². The van der Waals surface area contributed by atoms with E-state index in [4.69, 9.17) is 9.31 Å². The van der Waals surface area contributed by atoms with E-state index in [9.17, 15) is 0 Å². The highest BCUT2D eigenvalue weighted by Crippen LogP contribution is 2.13. The van der Waals surface area contributed by atoms with Crippen LogP contribution < -0.4 is 0 Å². The van der Waals surface area contributed by atoms with Crippen molar-refractivity contribution in [3.8, 4) is 0 Å². The summed E-state index contributed by atoms with van der Waals surface area (Å²) in [6, 6.07) is 0. The maximum atomic E-state index is 5.60. The number of rotatable bonds is 5. The average Bonchev–Trinajstić information content (AvgIpc) is 1.83. The molecule has 0 bridgehead atoms. The van der Waals surface area contributed by atoms with Crippen LogP contribution in [0.4, 0.5) is 0 Å². The molecule has 72 valence electrons. The smallest absolute Gasteiger partial charge is 0.409 e. The molecule has 0 aromatic rings. The normalized spacial score (nSPS) is 11.8. The molecule has 0 aliphatic carbocycles. The van der Waals surface area contributed by atoms with E-state index in [1.54, 1.807) is 0 Å². The van der Waals surface area contributed by atoms with Gasteiger partial charge in [0.1, 0.15) is 0 Å². The van der Waals surface area contributed by atoms with Crippen molar-refractivity contribution in [2.75, 3.05) is 0 Å². The molecule has 0 aliphatic rings. The van der Waals surface area contributed by atoms with Gasteiger partial charge in [-0.05, 0) is 33.5 Å². The Kier molecular flexibility index (Phi) is 5.59. The maximum absolute atomic E-state index is 5.60. The molecule has 0 radical (unpaired) electrons. The molecule has 2 nitrogen and oxygen atoms in total. The molecule has 0 rings (SSSR count). The zero-order chi connectivity index (χ0) is 9.72. The zero-order valence-electron chi connectivity index (χ0n) is 9.13. The first-order chi connectivity index (χ1) is 5.43. The molecule has 0 unspecified atom stereocenters. The van der Waals surface area contributed by atoms with Gasteiger partial charge in [-0.1, -0.05) is 13.8 Å². The molecule has 3 heteroatoms. The van der Waals surface area contributed by atoms with Crippen LogP contribution in [0.3, 0.4) is 0 Å². The van der Waals surface area contributed by atoms with Crippen LogP contribution in [0.2, 0.25) is 5.82 Å². The molecule has 12 heavy (non-hydrogen) atoms. The Morgan fingerprint density at radius 2 is 1.08 bits per heavy atom. The first-order valence-corrected chi connectivity index (χ1v) is 4.74. The summed E-state index contributed by atoms with van der Waals surface area (Å²) in [5, 5.41) is 0. The number of hydrogen-bond donors (Lipinski definition) is 0. The Bertz CT molecular complexity index is 103. The van der Waals surface area contributed by atoms with E-state index in [0.717, 1.165) is 0 Å². The van der Waals surface area contributed by atoms with Gasteiger partial charge in [-0.3, -0.25) is 0 Å². The van der Waals surface area contributed by atoms with E-state index in [0.29, 0.717) is 5.82 Å². The lowest BCUT2D eigenvalue weighted by Gasteiger charge is -2.21. The summed E-state index contributed by atoms with van der Waals surface area (Å²) < 4.78 is 11.2. The predicted molar refractivity (Wildman–Crippen MR) is 53.3 cm³/mol. The minimum absolute atomic E-state index is 0.0648. The molecule has 0 fully saturated rings. The van der Waals surface area contributed by atoms with Crippen LogP contribution in [0, 0.1) is 0 Å². The average molecular weight is 172 g/mol. The largest absolute Gasteiger partial charge is 0.459 e. The molecule has 0 heterocycles. The van der Waals surface area contributed by atoms with Gasteiger partial charge < -0.3 is 9.31 Å². The second-order valence-corrected chi connectivity index (χ2v) is 3.98. The van der Waals surface area contributed by atoms with Crippen LogP contribution in [0.25, 0.3) is 0 Å². The maximum Gasteiger partial charge on any atom is 0.459 e. The van der Waals surface area contributed by atoms with Gasteiger partial charge in [0.2, 0.25) is 0 Å². The van der Waals surface area contributed by atoms with Crippen molar-refractivity contribution in [3.63, 3.8) is 0 Å². The Morgan fingerprint density at radius 1 is 0.750 bits per heavy atom. The van der Waals surface area contributed by atoms with Crippen molar-refractivity contribution < 1.29 is 9.31 Å². The lowest BCUT2D eigenvalue weighted by atomic mass is 9.74. The third-order valence-corrected chi connectivity index (χ3v) is 1.36. The van der Waals surface area contributed by atoms with Crippen LogP contribution in [-0.2, 0) is 9.31 Å². The first kappa shape index (κ1) is 12.0. The van der Waals surface area contributed by atoms with E-state index in [-0.39, 0.29) is 19.3 Å². The topological polar surface area (TPSA) is 18.5 Å². The molecule has 0 aromatic heterocycles. The van der Waals surface area contributed by atoms with E-state index in [1.807, 2.05) is 27.7 Å². The zero-order valence-corrected chi connectivity index (χ0v) is 9.13. The molecule has 0 spiro atoms. The molecule has 0 N–H and O–H groups in total. The lowest BCUT2D eigenvalue weighted by Crippen LogP contribution is -2.32. The van der Waals surface area contributed by atoms with Gasteiger partial charge in [0.25, 0.3) is 0 Å². The summed E-state index contributed by atoms with van der Waals surface area (Å²) in [5.41, 5.74) is 0. The highest BCUT2D eigenvalue weighted by atomic mass is 16.6. The van der Waals surface area contributed by atoms with Crippen LogP contribution in [-0.4, -0.2) is 19.3 Å². The summed E-state index contributed by atoms with van der Waals surface area (Å²) in [4.78, 5) is 0. The van der Waals surface area contributed by atoms with Crippen LogP contribution in [0.15, 0.2) is 0 Å². The van der Waals surface area contributed by atoms with E-state index >= 15 is 0 Å². The van der Waals surface area contributed by atoms with Crippen molar-refractivity contribution >= 4 is 7.12 Å². The van der Waals surface area contributed by atoms with Gasteiger partial charge in [0.15, 0.2) is 0 Å². The van der Waals surface area contributed by atoms with E-state index < -0.39 is 0 Å². The SMILES string of the molecule is CC(C)OB(OC(C)C)C(C)C. The molecular formula is C9H21BO2. The third kappa shape index (κ3) is 5.61. The quantitative estimate of drug-likeness (QED) is 0.593. The van der Waals surface area contributed by atoms with Gasteiger partial charge in [0.05, 0.1) is 0 Å². The summed E-state index contributed by atoms with van der Waals surface area (Å²) in [5.74, 6) is 0.412. The Hall–Kier alpha value is -0.0151. The highest BCUT2D eigenvalue weighted by Gasteiger charge is 2.24. The van der Waals surface area contributed by atoms with E-state index in [2.05, 4.69) is 13.8 Å². The fourth-order valence-electron chi connectivity index (χ4n) is 0.883. The van der Waals surface area contributed by atoms with Gasteiger partial charge in [0, 0.05) is 12.2 Å². The van der Waals surface area contributed by atoms with Crippen molar-refractivity contribution in [2.45, 2.75) is 59.6 Å². The third-order valence-electron chi connectivity index (χ3n) is 1.36. The Labute approximate surface area is 76.8 Å². The fourth-order valence-corrected chi connectivity index (χ4v) is 0.883. The van der Waals surface area contributed by atoms with Crippen molar-refractivity contribution in [3.05, 3.63) is 0 Å². The van der Waals surface area contributed by atoms with Crippen LogP contribution in [0.5, 0.6) is 0 Å². The molecule has 0 aromatic carbocycles. The van der Waals surface area contributed by atoms with Gasteiger partial charge >= 0.3 is 7.12 Å². The summed E-state index contributed by atoms with van der Waals surface area (Å²) in [6.07, 6.45) is 0.465. The van der Waals surface area contributed by atoms with Crippen LogP contribution >= 0.6 is 0 Å². The first-order valence-electron chi connectivity index (χ1n) is 4.74. The van der Waals surface area contributed by atoms with Crippen molar-refractivity contribution in [1.29, 1.82) is 0 Å². The van der Waals surface area contributed by atoms with Gasteiger partial charge in [-0.2, -0.15) is 0 Å². The molecule has 0 saturated carbocycles. The Morgan fingerprint density at radius 3 is 1.25 bits per heavy atom. The monoisotopic (exact) mass is 172 g/mol. The second kappa shape index (κ2) is 5.60. The number of hydrogen-bond acceptors (Lipinski definition) is 2. The minimum Gasteiger partial charge on any atom is -0.409 e. The van der Waals surface area contributed by atoms with Gasteiger partial charge in [-0.25, -0.2) is 0 Å². The summed E-state index contributed by atoms with van der Waals surface area (Å²) in [6.45, 7) is 12.3. The fraction of sp³-hybridized carbons (Fsp3) is 1.00. The molecule has 0 saturated heterocycles. The predicted octanol–water partition coefficient (Wildman–Crippen LogP) is 2.73.